The predicted octanol–water partition coefficient (Wildman–Crippen LogP) is 2.91. The summed E-state index contributed by atoms with van der Waals surface area (Å²) in [7, 11) is 1.58. The summed E-state index contributed by atoms with van der Waals surface area (Å²) in [6.45, 7) is -0.403. The van der Waals surface area contributed by atoms with Gasteiger partial charge in [-0.15, -0.1) is 11.8 Å². The number of nitriles is 1. The van der Waals surface area contributed by atoms with Crippen molar-refractivity contribution in [2.24, 2.45) is 0 Å². The largest absolute Gasteiger partial charge is 0.455 e. The van der Waals surface area contributed by atoms with Crippen LogP contribution in [0.25, 0.3) is 0 Å². The van der Waals surface area contributed by atoms with Crippen LogP contribution in [-0.4, -0.2) is 46.6 Å². The van der Waals surface area contributed by atoms with Crippen molar-refractivity contribution in [1.82, 2.24) is 4.90 Å². The molecule has 8 nitrogen and oxygen atoms in total. The number of benzene rings is 1. The summed E-state index contributed by atoms with van der Waals surface area (Å²) in [5.74, 6) is -0.972. The van der Waals surface area contributed by atoms with Crippen LogP contribution in [0.2, 0.25) is 0 Å². The predicted molar refractivity (Wildman–Crippen MR) is 99.0 cm³/mol. The molecule has 0 N–H and O–H groups in total. The molecular formula is C18H21N3O5S. The maximum absolute atomic E-state index is 12.3. The van der Waals surface area contributed by atoms with Crippen LogP contribution in [0.5, 0.6) is 0 Å². The molecule has 0 saturated heterocycles. The van der Waals surface area contributed by atoms with Gasteiger partial charge in [-0.3, -0.25) is 19.7 Å². The van der Waals surface area contributed by atoms with Gasteiger partial charge in [0.1, 0.15) is 5.54 Å². The second kappa shape index (κ2) is 9.37. The molecule has 2 rings (SSSR count). The number of hydrogen-bond donors (Lipinski definition) is 0. The third-order valence-electron chi connectivity index (χ3n) is 4.67. The topological polar surface area (TPSA) is 114 Å². The Kier molecular flexibility index (Phi) is 7.19. The standard InChI is InChI=1S/C18H21N3O5S/c1-20(18(13-19)9-3-2-4-10-18)16(22)11-26-17(23)12-27-15-7-5-14(6-8-15)21(24)25/h5-8H,2-4,9-12H2,1H3. The first-order valence-electron chi connectivity index (χ1n) is 8.59. The van der Waals surface area contributed by atoms with Gasteiger partial charge in [0.25, 0.3) is 11.6 Å². The Bertz CT molecular complexity index is 738. The van der Waals surface area contributed by atoms with Crippen molar-refractivity contribution in [3.63, 3.8) is 0 Å². The molecule has 27 heavy (non-hydrogen) atoms. The number of amides is 1. The van der Waals surface area contributed by atoms with Crippen LogP contribution in [0.15, 0.2) is 29.2 Å². The Labute approximate surface area is 161 Å². The van der Waals surface area contributed by atoms with E-state index in [2.05, 4.69) is 6.07 Å². The molecule has 1 fully saturated rings. The lowest BCUT2D eigenvalue weighted by molar-refractivity contribution is -0.384. The number of nitro benzene ring substituents is 1. The number of esters is 1. The van der Waals surface area contributed by atoms with Crippen LogP contribution in [0, 0.1) is 21.4 Å². The summed E-state index contributed by atoms with van der Waals surface area (Å²) in [5, 5.41) is 20.1. The lowest BCUT2D eigenvalue weighted by atomic mass is 9.81. The highest BCUT2D eigenvalue weighted by Gasteiger charge is 2.38. The lowest BCUT2D eigenvalue weighted by Crippen LogP contribution is -2.51. The number of rotatable bonds is 7. The quantitative estimate of drug-likeness (QED) is 0.304. The average molecular weight is 391 g/mol. The summed E-state index contributed by atoms with van der Waals surface area (Å²) < 4.78 is 5.02. The van der Waals surface area contributed by atoms with E-state index in [1.165, 1.54) is 28.8 Å². The number of carbonyl (C=O) groups excluding carboxylic acids is 2. The smallest absolute Gasteiger partial charge is 0.316 e. The first kappa shape index (κ1) is 20.7. The van der Waals surface area contributed by atoms with Crippen molar-refractivity contribution in [1.29, 1.82) is 5.26 Å². The molecule has 0 radical (unpaired) electrons. The molecular weight excluding hydrogens is 370 g/mol. The van der Waals surface area contributed by atoms with Gasteiger partial charge in [-0.2, -0.15) is 5.26 Å². The van der Waals surface area contributed by atoms with E-state index in [0.717, 1.165) is 19.3 Å². The molecule has 0 aromatic heterocycles. The third kappa shape index (κ3) is 5.44. The number of ether oxygens (including phenoxy) is 1. The minimum absolute atomic E-state index is 0.0157. The van der Waals surface area contributed by atoms with Crippen molar-refractivity contribution in [2.75, 3.05) is 19.4 Å². The highest BCUT2D eigenvalue weighted by molar-refractivity contribution is 8.00. The third-order valence-corrected chi connectivity index (χ3v) is 5.65. The van der Waals surface area contributed by atoms with E-state index in [-0.39, 0.29) is 11.4 Å². The molecule has 0 atom stereocenters. The first-order valence-corrected chi connectivity index (χ1v) is 9.57. The molecule has 9 heteroatoms. The van der Waals surface area contributed by atoms with Gasteiger partial charge in [0.2, 0.25) is 0 Å². The minimum atomic E-state index is -0.810. The normalized spacial score (nSPS) is 15.4. The fourth-order valence-corrected chi connectivity index (χ4v) is 3.68. The van der Waals surface area contributed by atoms with E-state index in [1.54, 1.807) is 19.2 Å². The number of non-ortho nitro benzene ring substituents is 1. The molecule has 1 aliphatic carbocycles. The Morgan fingerprint density at radius 3 is 2.48 bits per heavy atom. The summed E-state index contributed by atoms with van der Waals surface area (Å²) in [6.07, 6.45) is 4.12. The maximum Gasteiger partial charge on any atom is 0.316 e. The summed E-state index contributed by atoms with van der Waals surface area (Å²) >= 11 is 1.17. The average Bonchev–Trinajstić information content (AvgIpc) is 2.70. The highest BCUT2D eigenvalue weighted by atomic mass is 32.2. The number of nitro groups is 1. The van der Waals surface area contributed by atoms with Crippen LogP contribution in [0.3, 0.4) is 0 Å². The Morgan fingerprint density at radius 2 is 1.93 bits per heavy atom. The minimum Gasteiger partial charge on any atom is -0.455 e. The number of hydrogen-bond acceptors (Lipinski definition) is 7. The van der Waals surface area contributed by atoms with Crippen LogP contribution in [-0.2, 0) is 14.3 Å². The molecule has 1 saturated carbocycles. The van der Waals surface area contributed by atoms with Crippen LogP contribution < -0.4 is 0 Å². The van der Waals surface area contributed by atoms with Crippen LogP contribution >= 0.6 is 11.8 Å². The van der Waals surface area contributed by atoms with Crippen molar-refractivity contribution in [3.8, 4) is 6.07 Å². The van der Waals surface area contributed by atoms with Gasteiger partial charge in [-0.1, -0.05) is 19.3 Å². The van der Waals surface area contributed by atoms with Gasteiger partial charge >= 0.3 is 5.97 Å². The monoisotopic (exact) mass is 391 g/mol. The molecule has 1 aromatic rings. The summed E-state index contributed by atoms with van der Waals surface area (Å²) in [5.41, 5.74) is -0.834. The van der Waals surface area contributed by atoms with Crippen molar-refractivity contribution in [2.45, 2.75) is 42.5 Å². The summed E-state index contributed by atoms with van der Waals surface area (Å²) in [6, 6.07) is 8.08. The van der Waals surface area contributed by atoms with E-state index in [0.29, 0.717) is 17.7 Å². The van der Waals surface area contributed by atoms with Crippen LogP contribution in [0.4, 0.5) is 5.69 Å². The molecule has 0 spiro atoms. The van der Waals surface area contributed by atoms with Crippen LogP contribution in [0.1, 0.15) is 32.1 Å². The van der Waals surface area contributed by atoms with E-state index >= 15 is 0 Å². The molecule has 0 aliphatic heterocycles. The fourth-order valence-electron chi connectivity index (χ4n) is 2.98. The molecule has 0 heterocycles. The zero-order chi connectivity index (χ0) is 19.9. The van der Waals surface area contributed by atoms with Crippen molar-refractivity contribution in [3.05, 3.63) is 34.4 Å². The van der Waals surface area contributed by atoms with Gasteiger partial charge in [-0.25, -0.2) is 0 Å². The Hall–Kier alpha value is -2.60. The molecule has 0 bridgehead atoms. The Balaban J connectivity index is 1.79. The van der Waals surface area contributed by atoms with Gasteiger partial charge in [-0.05, 0) is 25.0 Å². The van der Waals surface area contributed by atoms with E-state index in [9.17, 15) is 25.0 Å². The van der Waals surface area contributed by atoms with E-state index in [4.69, 9.17) is 4.74 Å². The second-order valence-electron chi connectivity index (χ2n) is 6.36. The van der Waals surface area contributed by atoms with Gasteiger partial charge in [0.15, 0.2) is 6.61 Å². The zero-order valence-corrected chi connectivity index (χ0v) is 15.9. The molecule has 1 amide bonds. The second-order valence-corrected chi connectivity index (χ2v) is 7.41. The number of thioether (sulfide) groups is 1. The highest BCUT2D eigenvalue weighted by Crippen LogP contribution is 2.32. The van der Waals surface area contributed by atoms with Crippen molar-refractivity contribution >= 4 is 29.3 Å². The SMILES string of the molecule is CN(C(=O)COC(=O)CSc1ccc([N+](=O)[O-])cc1)C1(C#N)CCCCC1. The van der Waals surface area contributed by atoms with Crippen molar-refractivity contribution < 1.29 is 19.2 Å². The number of likely N-dealkylation sites (N-methyl/N-ethyl adjacent to an activating group) is 1. The first-order chi connectivity index (χ1) is 12.9. The number of nitrogens with zero attached hydrogens (tertiary/aromatic N) is 3. The van der Waals surface area contributed by atoms with Gasteiger partial charge < -0.3 is 9.64 Å². The molecule has 0 unspecified atom stereocenters. The van der Waals surface area contributed by atoms with Gasteiger partial charge in [0.05, 0.1) is 16.7 Å². The molecule has 1 aromatic carbocycles. The number of carbonyl (C=O) groups is 2. The maximum atomic E-state index is 12.3. The molecule has 144 valence electrons. The van der Waals surface area contributed by atoms with E-state index in [1.807, 2.05) is 0 Å². The zero-order valence-electron chi connectivity index (χ0n) is 15.1. The van der Waals surface area contributed by atoms with Gasteiger partial charge in [0, 0.05) is 24.1 Å². The fraction of sp³-hybridized carbons (Fsp3) is 0.500. The Morgan fingerprint density at radius 1 is 1.30 bits per heavy atom. The molecule has 1 aliphatic rings. The van der Waals surface area contributed by atoms with E-state index < -0.39 is 28.9 Å². The summed E-state index contributed by atoms with van der Waals surface area (Å²) in [4.78, 5) is 36.4. The lowest BCUT2D eigenvalue weighted by Gasteiger charge is -2.38.